The zero-order valence-corrected chi connectivity index (χ0v) is 17.0. The van der Waals surface area contributed by atoms with Crippen LogP contribution in [0.3, 0.4) is 0 Å². The van der Waals surface area contributed by atoms with Gasteiger partial charge in [-0.2, -0.15) is 0 Å². The smallest absolute Gasteiger partial charge is 0.214 e. The van der Waals surface area contributed by atoms with Crippen molar-refractivity contribution in [2.24, 2.45) is 0 Å². The number of nitrogens with zero attached hydrogens (tertiary/aromatic N) is 5. The number of pyridine rings is 1. The highest BCUT2D eigenvalue weighted by molar-refractivity contribution is 7.14. The predicted octanol–water partition coefficient (Wildman–Crippen LogP) is 2.63. The van der Waals surface area contributed by atoms with Crippen LogP contribution in [0.25, 0.3) is 21.5 Å². The predicted molar refractivity (Wildman–Crippen MR) is 113 cm³/mol. The monoisotopic (exact) mass is 418 g/mol. The van der Waals surface area contributed by atoms with E-state index in [-0.39, 0.29) is 18.3 Å². The van der Waals surface area contributed by atoms with E-state index in [9.17, 15) is 4.79 Å². The summed E-state index contributed by atoms with van der Waals surface area (Å²) in [6.45, 7) is 3.51. The maximum atomic E-state index is 12.8. The zero-order chi connectivity index (χ0) is 20.5. The largest absolute Gasteiger partial charge is 0.472 e. The van der Waals surface area contributed by atoms with Gasteiger partial charge in [-0.05, 0) is 19.1 Å². The second-order valence-corrected chi connectivity index (χ2v) is 8.25. The molecule has 0 aliphatic carbocycles. The molecule has 0 spiro atoms. The molecule has 0 radical (unpaired) electrons. The quantitative estimate of drug-likeness (QED) is 0.477. The molecule has 150 valence electrons. The van der Waals surface area contributed by atoms with E-state index >= 15 is 0 Å². The number of carbonyl (C=O) groups excluding carboxylic acids is 1. The minimum absolute atomic E-state index is 0.0794. The average Bonchev–Trinajstić information content (AvgIpc) is 3.17. The molecule has 4 heterocycles. The van der Waals surface area contributed by atoms with Gasteiger partial charge in [-0.25, -0.2) is 15.0 Å². The summed E-state index contributed by atoms with van der Waals surface area (Å²) in [5.41, 5.74) is 2.26. The van der Waals surface area contributed by atoms with Gasteiger partial charge in [0.05, 0.1) is 11.9 Å². The standard InChI is InChI=1S/C21H18N6O2S/c1-12-26-27-21(30-12)14-2-3-15-9-24-19(25-17(15)6-14)8-18(28)13-4-5-23-20(7-13)29-16-10-22-11-16/h2-7,9,16,22H,8,10-11H2,1H3. The third-order valence-electron chi connectivity index (χ3n) is 4.81. The Morgan fingerprint density at radius 3 is 2.87 bits per heavy atom. The maximum absolute atomic E-state index is 12.8. The van der Waals surface area contributed by atoms with Crippen molar-refractivity contribution in [1.82, 2.24) is 30.5 Å². The lowest BCUT2D eigenvalue weighted by atomic mass is 10.1. The number of hydrogen-bond donors (Lipinski definition) is 1. The Morgan fingerprint density at radius 1 is 1.20 bits per heavy atom. The normalized spacial score (nSPS) is 13.9. The Bertz CT molecular complexity index is 1240. The third kappa shape index (κ3) is 3.89. The molecule has 9 heteroatoms. The number of hydrogen-bond acceptors (Lipinski definition) is 9. The number of Topliss-reactive ketones (excluding diaryl/α,β-unsaturated/α-hetero) is 1. The number of benzene rings is 1. The van der Waals surface area contributed by atoms with Gasteiger partial charge in [0.25, 0.3) is 0 Å². The third-order valence-corrected chi connectivity index (χ3v) is 5.70. The van der Waals surface area contributed by atoms with E-state index in [4.69, 9.17) is 4.74 Å². The van der Waals surface area contributed by atoms with Crippen LogP contribution in [0.2, 0.25) is 0 Å². The first-order valence-corrected chi connectivity index (χ1v) is 10.4. The molecule has 5 rings (SSSR count). The van der Waals surface area contributed by atoms with Gasteiger partial charge in [0.15, 0.2) is 5.78 Å². The summed E-state index contributed by atoms with van der Waals surface area (Å²) in [6.07, 6.45) is 3.54. The molecule has 30 heavy (non-hydrogen) atoms. The van der Waals surface area contributed by atoms with Crippen molar-refractivity contribution in [3.8, 4) is 16.5 Å². The number of ketones is 1. The minimum Gasteiger partial charge on any atom is -0.472 e. The molecule has 1 aliphatic rings. The summed E-state index contributed by atoms with van der Waals surface area (Å²) in [4.78, 5) is 25.9. The molecule has 1 saturated heterocycles. The molecule has 0 bridgehead atoms. The maximum Gasteiger partial charge on any atom is 0.214 e. The zero-order valence-electron chi connectivity index (χ0n) is 16.2. The first-order chi connectivity index (χ1) is 14.6. The Kier molecular flexibility index (Phi) is 4.89. The van der Waals surface area contributed by atoms with Crippen LogP contribution < -0.4 is 10.1 Å². The van der Waals surface area contributed by atoms with Gasteiger partial charge < -0.3 is 10.1 Å². The van der Waals surface area contributed by atoms with Crippen LogP contribution in [-0.4, -0.2) is 50.1 Å². The molecule has 0 atom stereocenters. The number of nitrogens with one attached hydrogen (secondary N) is 1. The second kappa shape index (κ2) is 7.85. The fourth-order valence-corrected chi connectivity index (χ4v) is 3.79. The summed E-state index contributed by atoms with van der Waals surface area (Å²) in [5.74, 6) is 0.855. The minimum atomic E-state index is -0.0794. The fraction of sp³-hybridized carbons (Fsp3) is 0.238. The lowest BCUT2D eigenvalue weighted by molar-refractivity contribution is 0.0988. The molecule has 1 aromatic carbocycles. The number of carbonyl (C=O) groups is 1. The van der Waals surface area contributed by atoms with Gasteiger partial charge in [0, 0.05) is 48.1 Å². The van der Waals surface area contributed by atoms with Crippen LogP contribution in [0.15, 0.2) is 42.7 Å². The van der Waals surface area contributed by atoms with Crippen molar-refractivity contribution >= 4 is 28.0 Å². The van der Waals surface area contributed by atoms with Gasteiger partial charge in [0.1, 0.15) is 21.9 Å². The van der Waals surface area contributed by atoms with Gasteiger partial charge in [-0.1, -0.05) is 23.5 Å². The highest BCUT2D eigenvalue weighted by Crippen LogP contribution is 2.26. The van der Waals surface area contributed by atoms with E-state index in [0.717, 1.165) is 39.6 Å². The van der Waals surface area contributed by atoms with E-state index < -0.39 is 0 Å². The summed E-state index contributed by atoms with van der Waals surface area (Å²) in [6, 6.07) is 9.25. The van der Waals surface area contributed by atoms with E-state index in [0.29, 0.717) is 17.3 Å². The second-order valence-electron chi connectivity index (χ2n) is 7.07. The summed E-state index contributed by atoms with van der Waals surface area (Å²) < 4.78 is 5.74. The summed E-state index contributed by atoms with van der Waals surface area (Å²) in [5, 5.41) is 14.1. The topological polar surface area (TPSA) is 103 Å². The van der Waals surface area contributed by atoms with Crippen LogP contribution in [0, 0.1) is 6.92 Å². The SMILES string of the molecule is Cc1nnc(-c2ccc3cnc(CC(=O)c4ccnc(OC5CNC5)c4)nc3c2)s1. The van der Waals surface area contributed by atoms with E-state index in [1.807, 2.05) is 25.1 Å². The Balaban J connectivity index is 1.36. The van der Waals surface area contributed by atoms with Crippen molar-refractivity contribution in [2.45, 2.75) is 19.4 Å². The summed E-state index contributed by atoms with van der Waals surface area (Å²) >= 11 is 1.53. The van der Waals surface area contributed by atoms with Crippen LogP contribution >= 0.6 is 11.3 Å². The molecule has 4 aromatic rings. The number of rotatable bonds is 6. The lowest BCUT2D eigenvalue weighted by Gasteiger charge is -2.27. The van der Waals surface area contributed by atoms with Crippen molar-refractivity contribution in [3.05, 3.63) is 59.1 Å². The Morgan fingerprint density at radius 2 is 2.10 bits per heavy atom. The van der Waals surface area contributed by atoms with Crippen LogP contribution in [-0.2, 0) is 6.42 Å². The van der Waals surface area contributed by atoms with Gasteiger partial charge >= 0.3 is 0 Å². The fourth-order valence-electron chi connectivity index (χ4n) is 3.10. The highest BCUT2D eigenvalue weighted by Gasteiger charge is 2.19. The van der Waals surface area contributed by atoms with Gasteiger partial charge in [0.2, 0.25) is 5.88 Å². The number of ether oxygens (including phenoxy) is 1. The molecule has 0 saturated carbocycles. The molecule has 0 unspecified atom stereocenters. The van der Waals surface area contributed by atoms with Gasteiger partial charge in [-0.15, -0.1) is 10.2 Å². The molecular weight excluding hydrogens is 400 g/mol. The average molecular weight is 418 g/mol. The van der Waals surface area contributed by atoms with Crippen molar-refractivity contribution in [1.29, 1.82) is 0 Å². The molecule has 0 amide bonds. The first kappa shape index (κ1) is 18.7. The van der Waals surface area contributed by atoms with E-state index in [1.54, 1.807) is 24.5 Å². The molecule has 3 aromatic heterocycles. The van der Waals surface area contributed by atoms with Crippen molar-refractivity contribution in [2.75, 3.05) is 13.1 Å². The van der Waals surface area contributed by atoms with Crippen molar-refractivity contribution < 1.29 is 9.53 Å². The molecule has 1 N–H and O–H groups in total. The van der Waals surface area contributed by atoms with E-state index in [1.165, 1.54) is 11.3 Å². The first-order valence-electron chi connectivity index (χ1n) is 9.57. The van der Waals surface area contributed by atoms with Crippen LogP contribution in [0.4, 0.5) is 0 Å². The van der Waals surface area contributed by atoms with Crippen LogP contribution in [0.5, 0.6) is 5.88 Å². The number of aryl methyl sites for hydroxylation is 1. The Hall–Kier alpha value is -3.30. The van der Waals surface area contributed by atoms with Gasteiger partial charge in [-0.3, -0.25) is 4.79 Å². The number of fused-ring (bicyclic) bond motifs is 1. The molecule has 8 nitrogen and oxygen atoms in total. The van der Waals surface area contributed by atoms with Crippen molar-refractivity contribution in [3.63, 3.8) is 0 Å². The van der Waals surface area contributed by atoms with Crippen LogP contribution in [0.1, 0.15) is 21.2 Å². The lowest BCUT2D eigenvalue weighted by Crippen LogP contribution is -2.50. The molecule has 1 aliphatic heterocycles. The Labute approximate surface area is 176 Å². The summed E-state index contributed by atoms with van der Waals surface area (Å²) in [7, 11) is 0. The highest BCUT2D eigenvalue weighted by atomic mass is 32.1. The molecule has 1 fully saturated rings. The number of aromatic nitrogens is 5. The van der Waals surface area contributed by atoms with E-state index in [2.05, 4.69) is 30.5 Å². The molecular formula is C21H18N6O2S.